The summed E-state index contributed by atoms with van der Waals surface area (Å²) < 4.78 is 61.1. The summed E-state index contributed by atoms with van der Waals surface area (Å²) in [4.78, 5) is 2.68. The summed E-state index contributed by atoms with van der Waals surface area (Å²) in [7, 11) is -3.90. The van der Waals surface area contributed by atoms with Gasteiger partial charge in [-0.1, -0.05) is 6.92 Å². The Balaban J connectivity index is 2.59. The number of rotatable bonds is 7. The van der Waals surface area contributed by atoms with E-state index in [9.17, 15) is 21.6 Å². The maximum absolute atomic E-state index is 11.9. The van der Waals surface area contributed by atoms with Gasteiger partial charge in [0.05, 0.1) is 11.3 Å². The summed E-state index contributed by atoms with van der Waals surface area (Å²) in [5.41, 5.74) is 0.651. The molecule has 0 aliphatic carbocycles. The van der Waals surface area contributed by atoms with Crippen LogP contribution in [0.3, 0.4) is 0 Å². The van der Waals surface area contributed by atoms with Crippen molar-refractivity contribution < 1.29 is 21.6 Å². The van der Waals surface area contributed by atoms with Crippen LogP contribution in [0, 0.1) is 0 Å². The van der Waals surface area contributed by atoms with Crippen molar-refractivity contribution in [2.75, 3.05) is 13.1 Å². The minimum Gasteiger partial charge on any atom is -0.363 e. The lowest BCUT2D eigenvalue weighted by molar-refractivity contribution is -0.132. The van der Waals surface area contributed by atoms with Crippen molar-refractivity contribution in [3.8, 4) is 0 Å². The van der Waals surface area contributed by atoms with E-state index in [0.717, 1.165) is 6.54 Å². The molecule has 0 atom stereocenters. The van der Waals surface area contributed by atoms with Crippen molar-refractivity contribution in [2.45, 2.75) is 31.0 Å². The number of halogens is 3. The maximum atomic E-state index is 11.9. The van der Waals surface area contributed by atoms with Gasteiger partial charge in [0.1, 0.15) is 0 Å². The standard InChI is InChI=1S/C10H16F3N3O2S/c1-2-14-6-8-5-9(7-15-8)19(17,18)16-4-3-10(11,12)13/h5,7,14-16H,2-4,6H2,1H3. The summed E-state index contributed by atoms with van der Waals surface area (Å²) in [6.07, 6.45) is -4.32. The van der Waals surface area contributed by atoms with E-state index in [4.69, 9.17) is 0 Å². The molecule has 0 saturated carbocycles. The summed E-state index contributed by atoms with van der Waals surface area (Å²) in [5, 5.41) is 3.00. The van der Waals surface area contributed by atoms with Gasteiger partial charge < -0.3 is 10.3 Å². The normalized spacial score (nSPS) is 12.8. The van der Waals surface area contributed by atoms with Crippen molar-refractivity contribution in [1.29, 1.82) is 0 Å². The lowest BCUT2D eigenvalue weighted by Crippen LogP contribution is -2.27. The average molecular weight is 299 g/mol. The van der Waals surface area contributed by atoms with Crippen LogP contribution in [0.1, 0.15) is 19.0 Å². The van der Waals surface area contributed by atoms with Crippen molar-refractivity contribution in [2.24, 2.45) is 0 Å². The fraction of sp³-hybridized carbons (Fsp3) is 0.600. The topological polar surface area (TPSA) is 74.0 Å². The van der Waals surface area contributed by atoms with Gasteiger partial charge >= 0.3 is 6.18 Å². The SMILES string of the molecule is CCNCc1cc(S(=O)(=O)NCCC(F)(F)F)c[nH]1. The molecule has 0 radical (unpaired) electrons. The number of aromatic nitrogens is 1. The molecule has 3 N–H and O–H groups in total. The molecule has 1 rings (SSSR count). The molecule has 0 fully saturated rings. The molecule has 0 saturated heterocycles. The number of nitrogens with one attached hydrogen (secondary N) is 3. The molecule has 0 aromatic carbocycles. The Labute approximate surface area is 109 Å². The molecule has 0 aliphatic heterocycles. The second kappa shape index (κ2) is 6.40. The number of H-pyrrole nitrogens is 1. The molecule has 0 unspecified atom stereocenters. The second-order valence-corrected chi connectivity index (χ2v) is 5.67. The molecule has 0 aliphatic rings. The van der Waals surface area contributed by atoms with Crippen molar-refractivity contribution >= 4 is 10.0 Å². The number of hydrogen-bond acceptors (Lipinski definition) is 3. The Morgan fingerprint density at radius 1 is 1.37 bits per heavy atom. The smallest absolute Gasteiger partial charge is 0.363 e. The third-order valence-corrected chi connectivity index (χ3v) is 3.73. The Morgan fingerprint density at radius 3 is 2.63 bits per heavy atom. The summed E-state index contributed by atoms with van der Waals surface area (Å²) in [6.45, 7) is 2.43. The molecule has 5 nitrogen and oxygen atoms in total. The van der Waals surface area contributed by atoms with Crippen molar-refractivity contribution in [3.05, 3.63) is 18.0 Å². The first-order valence-electron chi connectivity index (χ1n) is 5.69. The van der Waals surface area contributed by atoms with Gasteiger partial charge in [0.2, 0.25) is 10.0 Å². The van der Waals surface area contributed by atoms with Crippen molar-refractivity contribution in [3.63, 3.8) is 0 Å². The molecule has 0 bridgehead atoms. The largest absolute Gasteiger partial charge is 0.390 e. The van der Waals surface area contributed by atoms with Gasteiger partial charge in [-0.2, -0.15) is 13.2 Å². The zero-order valence-electron chi connectivity index (χ0n) is 10.3. The monoisotopic (exact) mass is 299 g/mol. The molecule has 110 valence electrons. The Kier molecular flexibility index (Phi) is 5.39. The van der Waals surface area contributed by atoms with E-state index in [0.29, 0.717) is 12.2 Å². The van der Waals surface area contributed by atoms with Gasteiger partial charge in [-0.05, 0) is 12.6 Å². The van der Waals surface area contributed by atoms with Crippen LogP contribution >= 0.6 is 0 Å². The van der Waals surface area contributed by atoms with E-state index in [1.165, 1.54) is 12.3 Å². The highest BCUT2D eigenvalue weighted by atomic mass is 32.2. The Bertz CT molecular complexity index is 496. The highest BCUT2D eigenvalue weighted by molar-refractivity contribution is 7.89. The van der Waals surface area contributed by atoms with Crippen LogP contribution in [0.2, 0.25) is 0 Å². The van der Waals surface area contributed by atoms with Gasteiger partial charge in [0.25, 0.3) is 0 Å². The summed E-state index contributed by atoms with van der Waals surface area (Å²) >= 11 is 0. The zero-order chi connectivity index (χ0) is 14.5. The average Bonchev–Trinajstić information content (AvgIpc) is 2.73. The van der Waals surface area contributed by atoms with E-state index in [1.54, 1.807) is 0 Å². The van der Waals surface area contributed by atoms with Crippen LogP contribution in [0.5, 0.6) is 0 Å². The molecule has 0 amide bonds. The predicted octanol–water partition coefficient (Wildman–Crippen LogP) is 1.35. The lowest BCUT2D eigenvalue weighted by atomic mass is 10.4. The quantitative estimate of drug-likeness (QED) is 0.711. The minimum absolute atomic E-state index is 0.0671. The predicted molar refractivity (Wildman–Crippen MR) is 64.0 cm³/mol. The van der Waals surface area contributed by atoms with Gasteiger partial charge in [0.15, 0.2) is 0 Å². The van der Waals surface area contributed by atoms with Gasteiger partial charge in [0, 0.05) is 25.0 Å². The molecule has 1 aromatic rings. The Hall–Kier alpha value is -1.06. The van der Waals surface area contributed by atoms with Gasteiger partial charge in [-0.25, -0.2) is 13.1 Å². The fourth-order valence-electron chi connectivity index (χ4n) is 1.35. The Morgan fingerprint density at radius 2 is 2.05 bits per heavy atom. The second-order valence-electron chi connectivity index (χ2n) is 3.90. The van der Waals surface area contributed by atoms with Gasteiger partial charge in [-0.15, -0.1) is 0 Å². The van der Waals surface area contributed by atoms with Crippen LogP contribution in [-0.2, 0) is 16.6 Å². The zero-order valence-corrected chi connectivity index (χ0v) is 11.2. The maximum Gasteiger partial charge on any atom is 0.390 e. The van der Waals surface area contributed by atoms with Crippen LogP contribution in [-0.4, -0.2) is 32.7 Å². The molecular formula is C10H16F3N3O2S. The molecular weight excluding hydrogens is 283 g/mol. The van der Waals surface area contributed by atoms with E-state index < -0.39 is 29.2 Å². The summed E-state index contributed by atoms with van der Waals surface area (Å²) in [6, 6.07) is 1.39. The first-order chi connectivity index (χ1) is 8.74. The van der Waals surface area contributed by atoms with Crippen LogP contribution < -0.4 is 10.0 Å². The van der Waals surface area contributed by atoms with E-state index in [1.807, 2.05) is 11.6 Å². The van der Waals surface area contributed by atoms with E-state index >= 15 is 0 Å². The first-order valence-corrected chi connectivity index (χ1v) is 7.17. The third-order valence-electron chi connectivity index (χ3n) is 2.29. The molecule has 19 heavy (non-hydrogen) atoms. The van der Waals surface area contributed by atoms with Gasteiger partial charge in [-0.3, -0.25) is 0 Å². The van der Waals surface area contributed by atoms with Crippen LogP contribution in [0.25, 0.3) is 0 Å². The first kappa shape index (κ1) is 16.0. The highest BCUT2D eigenvalue weighted by Gasteiger charge is 2.27. The lowest BCUT2D eigenvalue weighted by Gasteiger charge is -2.07. The third kappa shape index (κ3) is 5.62. The molecule has 1 aromatic heterocycles. The number of hydrogen-bond donors (Lipinski definition) is 3. The van der Waals surface area contributed by atoms with E-state index in [2.05, 4.69) is 10.3 Å². The highest BCUT2D eigenvalue weighted by Crippen LogP contribution is 2.19. The number of alkyl halides is 3. The molecule has 1 heterocycles. The molecule has 0 spiro atoms. The minimum atomic E-state index is -4.38. The van der Waals surface area contributed by atoms with Crippen molar-refractivity contribution in [1.82, 2.24) is 15.0 Å². The summed E-state index contributed by atoms with van der Waals surface area (Å²) in [5.74, 6) is 0. The fourth-order valence-corrected chi connectivity index (χ4v) is 2.40. The van der Waals surface area contributed by atoms with Crippen LogP contribution in [0.4, 0.5) is 13.2 Å². The van der Waals surface area contributed by atoms with Crippen LogP contribution in [0.15, 0.2) is 17.2 Å². The number of aromatic amines is 1. The van der Waals surface area contributed by atoms with E-state index in [-0.39, 0.29) is 4.90 Å². The molecule has 9 heteroatoms. The number of sulfonamides is 1.